The maximum absolute atomic E-state index is 13.5. The lowest BCUT2D eigenvalue weighted by Gasteiger charge is -2.07. The van der Waals surface area contributed by atoms with E-state index < -0.39 is 5.82 Å². The Morgan fingerprint density at radius 1 is 1.50 bits per heavy atom. The molecular weight excluding hydrogens is 275 g/mol. The highest BCUT2D eigenvalue weighted by Gasteiger charge is 2.21. The minimum Gasteiger partial charge on any atom is -0.322 e. The summed E-state index contributed by atoms with van der Waals surface area (Å²) >= 11 is 3.07. The van der Waals surface area contributed by atoms with Crippen LogP contribution in [0.25, 0.3) is 0 Å². The lowest BCUT2D eigenvalue weighted by Crippen LogP contribution is -2.29. The summed E-state index contributed by atoms with van der Waals surface area (Å²) in [5, 5.41) is 5.59. The van der Waals surface area contributed by atoms with Crippen LogP contribution in [-0.2, 0) is 4.79 Å². The van der Waals surface area contributed by atoms with Crippen molar-refractivity contribution < 1.29 is 9.18 Å². The third-order valence-corrected chi connectivity index (χ3v) is 2.97. The van der Waals surface area contributed by atoms with E-state index >= 15 is 0 Å². The normalized spacial score (nSPS) is 14.9. The van der Waals surface area contributed by atoms with Crippen molar-refractivity contribution in [3.8, 4) is 0 Å². The highest BCUT2D eigenvalue weighted by Crippen LogP contribution is 2.22. The number of amides is 1. The molecule has 1 aromatic rings. The van der Waals surface area contributed by atoms with Gasteiger partial charge in [0.15, 0.2) is 5.82 Å². The van der Waals surface area contributed by atoms with E-state index in [9.17, 15) is 9.18 Å². The first-order valence-electron chi connectivity index (χ1n) is 5.14. The lowest BCUT2D eigenvalue weighted by molar-refractivity contribution is -0.115. The topological polar surface area (TPSA) is 41.1 Å². The lowest BCUT2D eigenvalue weighted by atomic mass is 10.3. The van der Waals surface area contributed by atoms with E-state index in [0.29, 0.717) is 10.5 Å². The average Bonchev–Trinajstić information content (AvgIpc) is 3.06. The average molecular weight is 287 g/mol. The van der Waals surface area contributed by atoms with E-state index in [0.717, 1.165) is 12.8 Å². The molecule has 1 amide bonds. The van der Waals surface area contributed by atoms with E-state index in [2.05, 4.69) is 26.6 Å². The van der Waals surface area contributed by atoms with Gasteiger partial charge in [0, 0.05) is 6.04 Å². The van der Waals surface area contributed by atoms with Gasteiger partial charge in [-0.25, -0.2) is 4.39 Å². The van der Waals surface area contributed by atoms with Crippen LogP contribution in [0.2, 0.25) is 0 Å². The second-order valence-electron chi connectivity index (χ2n) is 3.80. The predicted octanol–water partition coefficient (Wildman–Crippen LogP) is 2.28. The van der Waals surface area contributed by atoms with Gasteiger partial charge in [-0.15, -0.1) is 0 Å². The minimum absolute atomic E-state index is 0.206. The SMILES string of the molecule is O=C(CNC1CC1)Nc1cccc(Br)c1F. The monoisotopic (exact) mass is 286 g/mol. The van der Waals surface area contributed by atoms with Crippen LogP contribution in [0.5, 0.6) is 0 Å². The zero-order valence-electron chi connectivity index (χ0n) is 8.59. The molecular formula is C11H12BrFN2O. The first-order valence-corrected chi connectivity index (χ1v) is 5.93. The summed E-state index contributed by atoms with van der Waals surface area (Å²) in [6.07, 6.45) is 2.25. The van der Waals surface area contributed by atoms with Crippen LogP contribution < -0.4 is 10.6 Å². The summed E-state index contributed by atoms with van der Waals surface area (Å²) in [6, 6.07) is 5.28. The molecule has 3 nitrogen and oxygen atoms in total. The summed E-state index contributed by atoms with van der Waals surface area (Å²) < 4.78 is 13.8. The Kier molecular flexibility index (Phi) is 3.56. The van der Waals surface area contributed by atoms with Crippen molar-refractivity contribution in [2.75, 3.05) is 11.9 Å². The first-order chi connectivity index (χ1) is 7.66. The fourth-order valence-electron chi connectivity index (χ4n) is 1.32. The Balaban J connectivity index is 1.91. The highest BCUT2D eigenvalue weighted by atomic mass is 79.9. The number of halogens is 2. The van der Waals surface area contributed by atoms with Gasteiger partial charge in [-0.3, -0.25) is 4.79 Å². The Hall–Kier alpha value is -0.940. The number of anilines is 1. The number of carbonyl (C=O) groups is 1. The van der Waals surface area contributed by atoms with Crippen LogP contribution in [0, 0.1) is 5.82 Å². The summed E-state index contributed by atoms with van der Waals surface area (Å²) in [6.45, 7) is 0.233. The van der Waals surface area contributed by atoms with Crippen molar-refractivity contribution in [1.82, 2.24) is 5.32 Å². The summed E-state index contributed by atoms with van der Waals surface area (Å²) in [5.74, 6) is -0.661. The van der Waals surface area contributed by atoms with Crippen molar-refractivity contribution in [3.05, 3.63) is 28.5 Å². The van der Waals surface area contributed by atoms with Gasteiger partial charge in [-0.2, -0.15) is 0 Å². The Labute approximate surface area is 102 Å². The van der Waals surface area contributed by atoms with E-state index in [1.54, 1.807) is 12.1 Å². The molecule has 1 aliphatic rings. The van der Waals surface area contributed by atoms with Gasteiger partial charge in [-0.05, 0) is 40.9 Å². The molecule has 0 aromatic heterocycles. The number of nitrogens with one attached hydrogen (secondary N) is 2. The second-order valence-corrected chi connectivity index (χ2v) is 4.66. The van der Waals surface area contributed by atoms with Crippen LogP contribution in [0.4, 0.5) is 10.1 Å². The first kappa shape index (κ1) is 11.5. The molecule has 1 aromatic carbocycles. The van der Waals surface area contributed by atoms with Gasteiger partial charge in [0.1, 0.15) is 0 Å². The molecule has 1 fully saturated rings. The van der Waals surface area contributed by atoms with Gasteiger partial charge in [0.2, 0.25) is 5.91 Å². The smallest absolute Gasteiger partial charge is 0.238 e. The molecule has 0 aliphatic heterocycles. The molecule has 1 aliphatic carbocycles. The van der Waals surface area contributed by atoms with Crippen molar-refractivity contribution in [3.63, 3.8) is 0 Å². The molecule has 16 heavy (non-hydrogen) atoms. The third-order valence-electron chi connectivity index (χ3n) is 2.35. The minimum atomic E-state index is -0.442. The number of hydrogen-bond acceptors (Lipinski definition) is 2. The van der Waals surface area contributed by atoms with Crippen molar-refractivity contribution in [2.45, 2.75) is 18.9 Å². The number of benzene rings is 1. The molecule has 0 unspecified atom stereocenters. The van der Waals surface area contributed by atoms with Crippen LogP contribution in [0.3, 0.4) is 0 Å². The summed E-state index contributed by atoms with van der Waals surface area (Å²) in [7, 11) is 0. The number of carbonyl (C=O) groups excluding carboxylic acids is 1. The second kappa shape index (κ2) is 4.93. The molecule has 86 valence electrons. The molecule has 5 heteroatoms. The summed E-state index contributed by atoms with van der Waals surface area (Å²) in [5.41, 5.74) is 0.206. The van der Waals surface area contributed by atoms with Gasteiger partial charge in [0.25, 0.3) is 0 Å². The van der Waals surface area contributed by atoms with Crippen LogP contribution >= 0.6 is 15.9 Å². The Morgan fingerprint density at radius 3 is 2.94 bits per heavy atom. The van der Waals surface area contributed by atoms with Gasteiger partial charge in [-0.1, -0.05) is 6.07 Å². The fraction of sp³-hybridized carbons (Fsp3) is 0.364. The van der Waals surface area contributed by atoms with Crippen molar-refractivity contribution in [2.24, 2.45) is 0 Å². The van der Waals surface area contributed by atoms with E-state index in [1.807, 2.05) is 0 Å². The van der Waals surface area contributed by atoms with Gasteiger partial charge in [0.05, 0.1) is 16.7 Å². The standard InChI is InChI=1S/C11H12BrFN2O/c12-8-2-1-3-9(11(8)13)15-10(16)6-14-7-4-5-7/h1-3,7,14H,4-6H2,(H,15,16). The maximum Gasteiger partial charge on any atom is 0.238 e. The fourth-order valence-corrected chi connectivity index (χ4v) is 1.69. The molecule has 0 bridgehead atoms. The zero-order chi connectivity index (χ0) is 11.5. The molecule has 0 radical (unpaired) electrons. The van der Waals surface area contributed by atoms with E-state index in [-0.39, 0.29) is 18.1 Å². The van der Waals surface area contributed by atoms with Crippen molar-refractivity contribution >= 4 is 27.5 Å². The predicted molar refractivity (Wildman–Crippen MR) is 63.8 cm³/mol. The van der Waals surface area contributed by atoms with E-state index in [4.69, 9.17) is 0 Å². The van der Waals surface area contributed by atoms with Crippen molar-refractivity contribution in [1.29, 1.82) is 0 Å². The largest absolute Gasteiger partial charge is 0.322 e. The zero-order valence-corrected chi connectivity index (χ0v) is 10.2. The molecule has 0 heterocycles. The van der Waals surface area contributed by atoms with Crippen LogP contribution in [0.15, 0.2) is 22.7 Å². The maximum atomic E-state index is 13.5. The molecule has 2 N–H and O–H groups in total. The molecule has 0 saturated heterocycles. The number of hydrogen-bond donors (Lipinski definition) is 2. The third kappa shape index (κ3) is 3.02. The van der Waals surface area contributed by atoms with Gasteiger partial charge < -0.3 is 10.6 Å². The van der Waals surface area contributed by atoms with Crippen LogP contribution in [0.1, 0.15) is 12.8 Å². The Bertz CT molecular complexity index is 407. The van der Waals surface area contributed by atoms with Gasteiger partial charge >= 0.3 is 0 Å². The Morgan fingerprint density at radius 2 is 2.25 bits per heavy atom. The molecule has 0 spiro atoms. The van der Waals surface area contributed by atoms with Crippen LogP contribution in [-0.4, -0.2) is 18.5 Å². The quantitative estimate of drug-likeness (QED) is 0.892. The molecule has 2 rings (SSSR count). The molecule has 0 atom stereocenters. The highest BCUT2D eigenvalue weighted by molar-refractivity contribution is 9.10. The van der Waals surface area contributed by atoms with E-state index in [1.165, 1.54) is 6.07 Å². The summed E-state index contributed by atoms with van der Waals surface area (Å²) in [4.78, 5) is 11.5. The molecule has 1 saturated carbocycles. The number of rotatable bonds is 4.